The Kier molecular flexibility index (Phi) is 11.2. The van der Waals surface area contributed by atoms with Gasteiger partial charge in [-0.1, -0.05) is 0 Å². The lowest BCUT2D eigenvalue weighted by Crippen LogP contribution is -2.50. The second-order valence-corrected chi connectivity index (χ2v) is 26.8. The maximum absolute atomic E-state index is 6.09. The van der Waals surface area contributed by atoms with E-state index in [1.165, 1.54) is 0 Å². The molecule has 21 heavy (non-hydrogen) atoms. The molecule has 0 amide bonds. The summed E-state index contributed by atoms with van der Waals surface area (Å²) in [5, 5.41) is 0. The minimum absolute atomic E-state index is 0.722. The Labute approximate surface area is 145 Å². The molecule has 0 atom stereocenters. The Bertz CT molecular complexity index is 259. The van der Waals surface area contributed by atoms with Crippen LogP contribution in [-0.4, -0.2) is 65.5 Å². The van der Waals surface area contributed by atoms with Gasteiger partial charge in [0.2, 0.25) is 0 Å². The number of hydrogen-bond donors (Lipinski definition) is 0. The third-order valence-corrected chi connectivity index (χ3v) is 19.9. The molecule has 0 heterocycles. The van der Waals surface area contributed by atoms with Crippen LogP contribution in [0.15, 0.2) is 0 Å². The second-order valence-electron chi connectivity index (χ2n) is 7.30. The van der Waals surface area contributed by atoms with Crippen LogP contribution >= 0.6 is 0 Å². The highest BCUT2D eigenvalue weighted by Gasteiger charge is 2.35. The summed E-state index contributed by atoms with van der Waals surface area (Å²) in [7, 11) is -4.54. The standard InChI is InChI=1S/C8H24O2Si3.CH12O3Si4/c1-11(2,3)9-13(7,8)10-12(4,5)6;1-8(2-5,3-6)4-7/h1-8H3;1,5-7H3. The highest BCUT2D eigenvalue weighted by Crippen LogP contribution is 2.19. The van der Waals surface area contributed by atoms with Gasteiger partial charge in [0, 0.05) is 6.55 Å². The van der Waals surface area contributed by atoms with Crippen LogP contribution in [0.4, 0.5) is 0 Å². The van der Waals surface area contributed by atoms with E-state index >= 15 is 0 Å². The molecule has 0 aliphatic rings. The van der Waals surface area contributed by atoms with Crippen molar-refractivity contribution in [3.05, 3.63) is 0 Å². The van der Waals surface area contributed by atoms with Crippen LogP contribution in [0.25, 0.3) is 0 Å². The summed E-state index contributed by atoms with van der Waals surface area (Å²) in [6, 6.07) is 0. The van der Waals surface area contributed by atoms with E-state index in [-0.39, 0.29) is 0 Å². The Balaban J connectivity index is 0. The summed E-state index contributed by atoms with van der Waals surface area (Å²) >= 11 is 0. The summed E-state index contributed by atoms with van der Waals surface area (Å²) in [6.07, 6.45) is 0. The van der Waals surface area contributed by atoms with E-state index in [0.717, 1.165) is 31.5 Å². The van der Waals surface area contributed by atoms with E-state index in [4.69, 9.17) is 20.6 Å². The van der Waals surface area contributed by atoms with Crippen molar-refractivity contribution in [2.75, 3.05) is 0 Å². The smallest absolute Gasteiger partial charge is 0.437 e. The average Bonchev–Trinajstić information content (AvgIpc) is 2.22. The highest BCUT2D eigenvalue weighted by atomic mass is 28.5. The van der Waals surface area contributed by atoms with Crippen LogP contribution in [0.3, 0.4) is 0 Å². The molecule has 0 N–H and O–H groups in total. The molecule has 0 fully saturated rings. The SMILES string of the molecule is C[Si](C)(C)O[Si](C)(C)O[Si](C)(C)C.C[Si](O[SiH3])(O[SiH3])O[SiH3]. The maximum atomic E-state index is 6.09. The summed E-state index contributed by atoms with van der Waals surface area (Å²) in [5.41, 5.74) is 0. The first-order valence-electron chi connectivity index (χ1n) is 7.15. The van der Waals surface area contributed by atoms with Crippen LogP contribution in [-0.2, 0) is 20.6 Å². The highest BCUT2D eigenvalue weighted by molar-refractivity contribution is 6.87. The molecule has 5 nitrogen and oxygen atoms in total. The molecule has 0 rings (SSSR count). The molecule has 0 aromatic rings. The molecule has 12 heteroatoms. The Morgan fingerprint density at radius 3 is 0.857 bits per heavy atom. The van der Waals surface area contributed by atoms with Gasteiger partial charge in [-0.15, -0.1) is 0 Å². The molecule has 0 spiro atoms. The fraction of sp³-hybridized carbons (Fsp3) is 1.00. The fourth-order valence-corrected chi connectivity index (χ4v) is 20.6. The predicted octanol–water partition coefficient (Wildman–Crippen LogP) is -0.163. The number of hydrogen-bond acceptors (Lipinski definition) is 5. The van der Waals surface area contributed by atoms with E-state index in [1.807, 2.05) is 6.55 Å². The third-order valence-electron chi connectivity index (χ3n) is 2.22. The zero-order valence-electron chi connectivity index (χ0n) is 16.0. The van der Waals surface area contributed by atoms with Gasteiger partial charge in [-0.05, 0) is 52.4 Å². The lowest BCUT2D eigenvalue weighted by molar-refractivity contribution is 0.307. The summed E-state index contributed by atoms with van der Waals surface area (Å²) in [4.78, 5) is 0. The monoisotopic (exact) mass is 420 g/mol. The zero-order chi connectivity index (χ0) is 17.5. The first kappa shape index (κ1) is 24.6. The molecule has 0 bridgehead atoms. The van der Waals surface area contributed by atoms with Crippen molar-refractivity contribution in [1.29, 1.82) is 0 Å². The molecule has 0 unspecified atom stereocenters. The average molecular weight is 421 g/mol. The lowest BCUT2D eigenvalue weighted by atomic mass is 11.8. The van der Waals surface area contributed by atoms with Crippen LogP contribution in [0.2, 0.25) is 58.9 Å². The summed E-state index contributed by atoms with van der Waals surface area (Å²) < 4.78 is 27.6. The van der Waals surface area contributed by atoms with E-state index in [2.05, 4.69) is 52.4 Å². The van der Waals surface area contributed by atoms with Gasteiger partial charge in [0.25, 0.3) is 0 Å². The van der Waals surface area contributed by atoms with Crippen molar-refractivity contribution in [1.82, 2.24) is 0 Å². The normalized spacial score (nSPS) is 16.4. The zero-order valence-corrected chi connectivity index (χ0v) is 26.0. The quantitative estimate of drug-likeness (QED) is 0.535. The third kappa shape index (κ3) is 16.0. The molecule has 0 aromatic heterocycles. The maximum Gasteiger partial charge on any atom is 0.464 e. The van der Waals surface area contributed by atoms with Gasteiger partial charge in [0.05, 0.1) is 0 Å². The van der Waals surface area contributed by atoms with Crippen molar-refractivity contribution in [3.8, 4) is 0 Å². The molecule has 0 aromatic carbocycles. The van der Waals surface area contributed by atoms with Gasteiger partial charge in [-0.2, -0.15) is 0 Å². The van der Waals surface area contributed by atoms with Crippen LogP contribution in [0.1, 0.15) is 0 Å². The summed E-state index contributed by atoms with van der Waals surface area (Å²) in [5.74, 6) is 0. The molecule has 130 valence electrons. The molecule has 0 saturated carbocycles. The Morgan fingerprint density at radius 2 is 0.762 bits per heavy atom. The van der Waals surface area contributed by atoms with Gasteiger partial charge < -0.3 is 20.6 Å². The van der Waals surface area contributed by atoms with Crippen LogP contribution < -0.4 is 0 Å². The van der Waals surface area contributed by atoms with Crippen LogP contribution in [0.5, 0.6) is 0 Å². The van der Waals surface area contributed by atoms with Crippen molar-refractivity contribution >= 4 is 65.5 Å². The van der Waals surface area contributed by atoms with Crippen molar-refractivity contribution in [3.63, 3.8) is 0 Å². The van der Waals surface area contributed by atoms with Gasteiger partial charge in [-0.3, -0.25) is 0 Å². The van der Waals surface area contributed by atoms with Gasteiger partial charge in [-0.25, -0.2) is 0 Å². The molecule has 0 saturated heterocycles. The van der Waals surface area contributed by atoms with Gasteiger partial charge in [0.15, 0.2) is 16.6 Å². The van der Waals surface area contributed by atoms with Crippen LogP contribution in [0, 0.1) is 0 Å². The van der Waals surface area contributed by atoms with E-state index in [9.17, 15) is 0 Å². The fourth-order valence-electron chi connectivity index (χ4n) is 1.75. The van der Waals surface area contributed by atoms with Gasteiger partial charge in [0.1, 0.15) is 31.5 Å². The second kappa shape index (κ2) is 9.57. The minimum Gasteiger partial charge on any atom is -0.437 e. The number of rotatable bonds is 7. The first-order chi connectivity index (χ1) is 9.10. The molecule has 0 radical (unpaired) electrons. The minimum atomic E-state index is -1.99. The Hall–Kier alpha value is 1.32. The molecular formula is C9H36O5Si7. The molecular weight excluding hydrogens is 385 g/mol. The van der Waals surface area contributed by atoms with E-state index in [0.29, 0.717) is 0 Å². The van der Waals surface area contributed by atoms with Crippen molar-refractivity contribution < 1.29 is 20.6 Å². The largest absolute Gasteiger partial charge is 0.464 e. The first-order valence-corrected chi connectivity index (χ1v) is 21.5. The topological polar surface area (TPSA) is 46.2 Å². The molecule has 0 aliphatic heterocycles. The van der Waals surface area contributed by atoms with Crippen molar-refractivity contribution in [2.24, 2.45) is 0 Å². The molecule has 0 aliphatic carbocycles. The van der Waals surface area contributed by atoms with Crippen molar-refractivity contribution in [2.45, 2.75) is 58.9 Å². The summed E-state index contributed by atoms with van der Waals surface area (Å²) in [6.45, 7) is 19.5. The Morgan fingerprint density at radius 1 is 0.524 bits per heavy atom. The lowest BCUT2D eigenvalue weighted by Gasteiger charge is -2.35. The van der Waals surface area contributed by atoms with E-state index < -0.39 is 34.0 Å². The predicted molar refractivity (Wildman–Crippen MR) is 111 cm³/mol. The van der Waals surface area contributed by atoms with Gasteiger partial charge >= 0.3 is 17.4 Å². The van der Waals surface area contributed by atoms with E-state index in [1.54, 1.807) is 0 Å².